The van der Waals surface area contributed by atoms with E-state index in [9.17, 15) is 0 Å². The monoisotopic (exact) mass is 273 g/mol. The molecule has 0 aliphatic carbocycles. The molecule has 0 atom stereocenters. The highest BCUT2D eigenvalue weighted by Gasteiger charge is 2.11. The molecule has 1 heterocycles. The second kappa shape index (κ2) is 6.62. The lowest BCUT2D eigenvalue weighted by molar-refractivity contribution is 0.243. The largest absolute Gasteiger partial charge is 0.490 e. The van der Waals surface area contributed by atoms with Crippen LogP contribution in [0.3, 0.4) is 0 Å². The van der Waals surface area contributed by atoms with Crippen LogP contribution in [-0.2, 0) is 6.54 Å². The third kappa shape index (κ3) is 3.87. The average Bonchev–Trinajstić information content (AvgIpc) is 2.85. The molecule has 3 nitrogen and oxygen atoms in total. The highest BCUT2D eigenvalue weighted by atomic mass is 16.5. The van der Waals surface area contributed by atoms with E-state index in [0.717, 1.165) is 29.4 Å². The van der Waals surface area contributed by atoms with Gasteiger partial charge in [0.05, 0.1) is 18.2 Å². The van der Waals surface area contributed by atoms with Crippen molar-refractivity contribution in [2.45, 2.75) is 46.4 Å². The maximum absolute atomic E-state index is 5.90. The van der Waals surface area contributed by atoms with Crippen molar-refractivity contribution in [1.29, 1.82) is 0 Å². The van der Waals surface area contributed by atoms with Gasteiger partial charge in [-0.2, -0.15) is 0 Å². The summed E-state index contributed by atoms with van der Waals surface area (Å²) < 4.78 is 11.7. The number of hydrogen-bond donors (Lipinski definition) is 1. The van der Waals surface area contributed by atoms with Gasteiger partial charge in [-0.1, -0.05) is 26.0 Å². The van der Waals surface area contributed by atoms with Gasteiger partial charge in [0.2, 0.25) is 0 Å². The van der Waals surface area contributed by atoms with Crippen molar-refractivity contribution in [3.8, 4) is 17.1 Å². The van der Waals surface area contributed by atoms with Crippen LogP contribution >= 0.6 is 0 Å². The van der Waals surface area contributed by atoms with E-state index in [1.165, 1.54) is 0 Å². The summed E-state index contributed by atoms with van der Waals surface area (Å²) in [6.45, 7) is 9.03. The number of benzene rings is 1. The van der Waals surface area contributed by atoms with Crippen LogP contribution in [0.5, 0.6) is 5.75 Å². The Morgan fingerprint density at radius 1 is 1.05 bits per heavy atom. The summed E-state index contributed by atoms with van der Waals surface area (Å²) in [6.07, 6.45) is 0.146. The van der Waals surface area contributed by atoms with Crippen molar-refractivity contribution < 1.29 is 9.15 Å². The molecule has 0 unspecified atom stereocenters. The molecule has 0 aliphatic rings. The molecule has 0 saturated carbocycles. The molecule has 0 fully saturated rings. The first-order valence-electron chi connectivity index (χ1n) is 7.14. The molecule has 2 rings (SSSR count). The summed E-state index contributed by atoms with van der Waals surface area (Å²) in [5.74, 6) is 2.65. The van der Waals surface area contributed by atoms with E-state index < -0.39 is 0 Å². The van der Waals surface area contributed by atoms with Crippen LogP contribution in [0.15, 0.2) is 40.8 Å². The fourth-order valence-electron chi connectivity index (χ4n) is 1.95. The smallest absolute Gasteiger partial charge is 0.138 e. The van der Waals surface area contributed by atoms with Gasteiger partial charge in [0.1, 0.15) is 17.3 Å². The van der Waals surface area contributed by atoms with Gasteiger partial charge in [-0.05, 0) is 38.1 Å². The fourth-order valence-corrected chi connectivity index (χ4v) is 1.95. The Morgan fingerprint density at radius 3 is 2.50 bits per heavy atom. The third-order valence-corrected chi connectivity index (χ3v) is 2.86. The van der Waals surface area contributed by atoms with Crippen molar-refractivity contribution >= 4 is 0 Å². The number of furan rings is 1. The molecule has 0 spiro atoms. The van der Waals surface area contributed by atoms with Crippen LogP contribution in [0.4, 0.5) is 0 Å². The third-order valence-electron chi connectivity index (χ3n) is 2.86. The molecular formula is C17H23NO2. The molecule has 0 radical (unpaired) electrons. The van der Waals surface area contributed by atoms with Crippen LogP contribution in [0, 0.1) is 0 Å². The quantitative estimate of drug-likeness (QED) is 0.855. The molecule has 0 bridgehead atoms. The van der Waals surface area contributed by atoms with Crippen molar-refractivity contribution in [1.82, 2.24) is 5.32 Å². The fraction of sp³-hybridized carbons (Fsp3) is 0.412. The summed E-state index contributed by atoms with van der Waals surface area (Å²) >= 11 is 0. The molecule has 0 aliphatic heterocycles. The van der Waals surface area contributed by atoms with E-state index in [1.807, 2.05) is 50.2 Å². The van der Waals surface area contributed by atoms with Gasteiger partial charge in [-0.25, -0.2) is 0 Å². The SMILES string of the molecule is CC(C)NCc1ccc(-c2ccccc2OC(C)C)o1. The van der Waals surface area contributed by atoms with Crippen LogP contribution in [-0.4, -0.2) is 12.1 Å². The van der Waals surface area contributed by atoms with E-state index in [1.54, 1.807) is 0 Å². The molecule has 0 saturated heterocycles. The van der Waals surface area contributed by atoms with E-state index in [0.29, 0.717) is 6.04 Å². The predicted molar refractivity (Wildman–Crippen MR) is 81.9 cm³/mol. The second-order valence-corrected chi connectivity index (χ2v) is 5.46. The number of ether oxygens (including phenoxy) is 1. The maximum Gasteiger partial charge on any atom is 0.138 e. The molecule has 1 aromatic carbocycles. The van der Waals surface area contributed by atoms with Crippen LogP contribution in [0.1, 0.15) is 33.5 Å². The molecule has 1 aromatic heterocycles. The normalized spacial score (nSPS) is 11.3. The van der Waals surface area contributed by atoms with Gasteiger partial charge in [0, 0.05) is 6.04 Å². The number of rotatable bonds is 6. The second-order valence-electron chi connectivity index (χ2n) is 5.46. The summed E-state index contributed by atoms with van der Waals surface area (Å²) in [5, 5.41) is 3.35. The first kappa shape index (κ1) is 14.7. The lowest BCUT2D eigenvalue weighted by Gasteiger charge is -2.12. The van der Waals surface area contributed by atoms with Crippen molar-refractivity contribution in [2.75, 3.05) is 0 Å². The molecule has 20 heavy (non-hydrogen) atoms. The topological polar surface area (TPSA) is 34.4 Å². The van der Waals surface area contributed by atoms with Gasteiger partial charge in [-0.3, -0.25) is 0 Å². The molecule has 1 N–H and O–H groups in total. The van der Waals surface area contributed by atoms with Gasteiger partial charge in [-0.15, -0.1) is 0 Å². The predicted octanol–water partition coefficient (Wildman–Crippen LogP) is 4.23. The van der Waals surface area contributed by atoms with Gasteiger partial charge < -0.3 is 14.5 Å². The zero-order valence-corrected chi connectivity index (χ0v) is 12.6. The van der Waals surface area contributed by atoms with Gasteiger partial charge >= 0.3 is 0 Å². The zero-order chi connectivity index (χ0) is 14.5. The average molecular weight is 273 g/mol. The number of hydrogen-bond acceptors (Lipinski definition) is 3. The van der Waals surface area contributed by atoms with Crippen molar-refractivity contribution in [3.63, 3.8) is 0 Å². The Hall–Kier alpha value is -1.74. The minimum atomic E-state index is 0.146. The first-order chi connectivity index (χ1) is 9.56. The van der Waals surface area contributed by atoms with Crippen molar-refractivity contribution in [2.24, 2.45) is 0 Å². The number of para-hydroxylation sites is 1. The zero-order valence-electron chi connectivity index (χ0n) is 12.6. The van der Waals surface area contributed by atoms with E-state index in [4.69, 9.17) is 9.15 Å². The van der Waals surface area contributed by atoms with E-state index in [-0.39, 0.29) is 6.10 Å². The molecule has 0 amide bonds. The minimum Gasteiger partial charge on any atom is -0.490 e. The summed E-state index contributed by atoms with van der Waals surface area (Å²) in [4.78, 5) is 0. The summed E-state index contributed by atoms with van der Waals surface area (Å²) in [5.41, 5.74) is 0.997. The maximum atomic E-state index is 5.90. The highest BCUT2D eigenvalue weighted by Crippen LogP contribution is 2.31. The Labute approximate surface area is 121 Å². The molecule has 108 valence electrons. The van der Waals surface area contributed by atoms with Crippen LogP contribution in [0.2, 0.25) is 0 Å². The van der Waals surface area contributed by atoms with Gasteiger partial charge in [0.15, 0.2) is 0 Å². The van der Waals surface area contributed by atoms with E-state index in [2.05, 4.69) is 19.2 Å². The molecular weight excluding hydrogens is 250 g/mol. The Bertz CT molecular complexity index is 543. The lowest BCUT2D eigenvalue weighted by atomic mass is 10.1. The summed E-state index contributed by atoms with van der Waals surface area (Å²) in [6, 6.07) is 12.4. The Morgan fingerprint density at radius 2 is 1.80 bits per heavy atom. The summed E-state index contributed by atoms with van der Waals surface area (Å²) in [7, 11) is 0. The number of nitrogens with one attached hydrogen (secondary N) is 1. The highest BCUT2D eigenvalue weighted by molar-refractivity contribution is 5.65. The Balaban J connectivity index is 2.19. The van der Waals surface area contributed by atoms with Gasteiger partial charge in [0.25, 0.3) is 0 Å². The molecule has 2 aromatic rings. The minimum absolute atomic E-state index is 0.146. The molecule has 3 heteroatoms. The van der Waals surface area contributed by atoms with E-state index >= 15 is 0 Å². The van der Waals surface area contributed by atoms with Crippen molar-refractivity contribution in [3.05, 3.63) is 42.2 Å². The lowest BCUT2D eigenvalue weighted by Crippen LogP contribution is -2.21. The first-order valence-corrected chi connectivity index (χ1v) is 7.14. The Kier molecular flexibility index (Phi) is 4.85. The van der Waals surface area contributed by atoms with Crippen LogP contribution in [0.25, 0.3) is 11.3 Å². The van der Waals surface area contributed by atoms with Crippen LogP contribution < -0.4 is 10.1 Å². The standard InChI is InChI=1S/C17H23NO2/c1-12(2)18-11-14-9-10-17(20-14)15-7-5-6-8-16(15)19-13(3)4/h5-10,12-13,18H,11H2,1-4H3.